The minimum atomic E-state index is -3.56. The topological polar surface area (TPSA) is 75.4 Å². The number of aromatic nitrogens is 2. The van der Waals surface area contributed by atoms with Gasteiger partial charge in [-0.15, -0.1) is 0 Å². The van der Waals surface area contributed by atoms with Gasteiger partial charge in [0, 0.05) is 20.3 Å². The van der Waals surface area contributed by atoms with Gasteiger partial charge in [-0.3, -0.25) is 0 Å². The fraction of sp³-hybridized carbons (Fsp3) is 0.583. The Morgan fingerprint density at radius 2 is 2.16 bits per heavy atom. The number of imidazole rings is 1. The molecule has 1 unspecified atom stereocenters. The molecular weight excluding hydrogens is 266 g/mol. The number of aliphatic hydroxyl groups is 1. The number of rotatable bonds is 6. The molecule has 1 N–H and O–H groups in total. The van der Waals surface area contributed by atoms with E-state index in [2.05, 4.69) is 4.98 Å². The zero-order valence-corrected chi connectivity index (χ0v) is 12.6. The van der Waals surface area contributed by atoms with Crippen molar-refractivity contribution < 1.29 is 13.5 Å². The van der Waals surface area contributed by atoms with Crippen molar-refractivity contribution in [3.63, 3.8) is 0 Å². The molecule has 1 aromatic heterocycles. The van der Waals surface area contributed by atoms with E-state index in [9.17, 15) is 13.5 Å². The quantitative estimate of drug-likeness (QED) is 0.801. The molecule has 7 heteroatoms. The zero-order chi connectivity index (χ0) is 14.6. The summed E-state index contributed by atoms with van der Waals surface area (Å²) in [5.74, 6) is 0. The fourth-order valence-electron chi connectivity index (χ4n) is 1.49. The molecule has 0 aliphatic rings. The Hall–Kier alpha value is -1.18. The van der Waals surface area contributed by atoms with Gasteiger partial charge >= 0.3 is 10.2 Å². The molecule has 0 radical (unpaired) electrons. The molecule has 6 nitrogen and oxygen atoms in total. The highest BCUT2D eigenvalue weighted by Gasteiger charge is 2.18. The smallest absolute Gasteiger partial charge is 0.308 e. The maximum Gasteiger partial charge on any atom is 0.308 e. The van der Waals surface area contributed by atoms with Crippen LogP contribution in [0.3, 0.4) is 0 Å². The molecule has 0 fully saturated rings. The third-order valence-corrected chi connectivity index (χ3v) is 4.30. The average molecular weight is 287 g/mol. The van der Waals surface area contributed by atoms with E-state index in [1.165, 1.54) is 32.2 Å². The number of hydrogen-bond donors (Lipinski definition) is 1. The highest BCUT2D eigenvalue weighted by molar-refractivity contribution is 7.87. The van der Waals surface area contributed by atoms with E-state index < -0.39 is 16.3 Å². The molecule has 0 bridgehead atoms. The molecule has 0 saturated carbocycles. The van der Waals surface area contributed by atoms with Gasteiger partial charge in [0.2, 0.25) is 0 Å². The summed E-state index contributed by atoms with van der Waals surface area (Å²) in [7, 11) is -0.670. The van der Waals surface area contributed by atoms with E-state index >= 15 is 0 Å². The molecule has 0 saturated heterocycles. The zero-order valence-electron chi connectivity index (χ0n) is 11.7. The molecule has 0 aliphatic heterocycles. The molecule has 0 amide bonds. The summed E-state index contributed by atoms with van der Waals surface area (Å²) in [6, 6.07) is 0. The molecule has 1 heterocycles. The molecular formula is C12H21N3O3S. The van der Waals surface area contributed by atoms with Crippen LogP contribution in [0.15, 0.2) is 24.2 Å². The Balaban J connectivity index is 2.77. The first-order valence-electron chi connectivity index (χ1n) is 6.03. The van der Waals surface area contributed by atoms with Crippen LogP contribution in [0.5, 0.6) is 0 Å². The van der Waals surface area contributed by atoms with Crippen molar-refractivity contribution in [2.75, 3.05) is 14.1 Å². The number of aliphatic hydroxyl groups excluding tert-OH is 1. The van der Waals surface area contributed by atoms with E-state index in [1.54, 1.807) is 0 Å². The van der Waals surface area contributed by atoms with E-state index in [1.807, 2.05) is 19.9 Å². The first kappa shape index (κ1) is 15.9. The van der Waals surface area contributed by atoms with Gasteiger partial charge in [-0.1, -0.05) is 11.6 Å². The van der Waals surface area contributed by atoms with E-state index in [4.69, 9.17) is 0 Å². The van der Waals surface area contributed by atoms with E-state index in [0.29, 0.717) is 12.1 Å². The largest absolute Gasteiger partial charge is 0.387 e. The second kappa shape index (κ2) is 6.31. The summed E-state index contributed by atoms with van der Waals surface area (Å²) < 4.78 is 25.8. The maximum absolute atomic E-state index is 11.8. The van der Waals surface area contributed by atoms with Crippen molar-refractivity contribution in [2.45, 2.75) is 32.8 Å². The number of hydrogen-bond acceptors (Lipinski definition) is 4. The van der Waals surface area contributed by atoms with Gasteiger partial charge in [-0.05, 0) is 26.7 Å². The van der Waals surface area contributed by atoms with Crippen LogP contribution < -0.4 is 0 Å². The second-order valence-electron chi connectivity index (χ2n) is 4.79. The van der Waals surface area contributed by atoms with Crippen LogP contribution in [-0.4, -0.2) is 40.9 Å². The predicted octanol–water partition coefficient (Wildman–Crippen LogP) is 1.32. The van der Waals surface area contributed by atoms with Crippen LogP contribution in [0.25, 0.3) is 0 Å². The van der Waals surface area contributed by atoms with Gasteiger partial charge in [-0.2, -0.15) is 12.7 Å². The molecule has 19 heavy (non-hydrogen) atoms. The third-order valence-electron chi connectivity index (χ3n) is 2.64. The first-order chi connectivity index (χ1) is 8.75. The summed E-state index contributed by atoms with van der Waals surface area (Å²) in [5.41, 5.74) is 1.56. The van der Waals surface area contributed by atoms with Crippen LogP contribution in [0.1, 0.15) is 38.5 Å². The van der Waals surface area contributed by atoms with Crippen LogP contribution >= 0.6 is 0 Å². The van der Waals surface area contributed by atoms with Crippen molar-refractivity contribution in [1.29, 1.82) is 0 Å². The van der Waals surface area contributed by atoms with Crippen molar-refractivity contribution in [1.82, 2.24) is 13.3 Å². The van der Waals surface area contributed by atoms with E-state index in [0.717, 1.165) is 14.7 Å². The highest BCUT2D eigenvalue weighted by atomic mass is 32.2. The Kier molecular flexibility index (Phi) is 5.28. The van der Waals surface area contributed by atoms with Gasteiger partial charge < -0.3 is 5.11 Å². The second-order valence-corrected chi connectivity index (χ2v) is 6.84. The number of allylic oxidation sites excluding steroid dienone is 2. The summed E-state index contributed by atoms with van der Waals surface area (Å²) in [5, 5.41) is 9.94. The Labute approximate surface area is 114 Å². The lowest BCUT2D eigenvalue weighted by atomic mass is 10.1. The lowest BCUT2D eigenvalue weighted by Gasteiger charge is -2.11. The third kappa shape index (κ3) is 4.15. The standard InChI is InChI=1S/C12H21N3O3S/c1-10(2)6-5-7-12(16)11-8-15(9-13-11)19(17,18)14(3)4/h6,8-9,12,16H,5,7H2,1-4H3. The first-order valence-corrected chi connectivity index (χ1v) is 7.43. The SMILES string of the molecule is CC(C)=CCCC(O)c1cn(S(=O)(=O)N(C)C)cn1. The van der Waals surface area contributed by atoms with Crippen molar-refractivity contribution in [2.24, 2.45) is 0 Å². The summed E-state index contributed by atoms with van der Waals surface area (Å²) in [6.07, 6.45) is 5.07. The van der Waals surface area contributed by atoms with Gasteiger partial charge in [0.15, 0.2) is 0 Å². The molecule has 1 aromatic rings. The van der Waals surface area contributed by atoms with Crippen molar-refractivity contribution >= 4 is 10.2 Å². The van der Waals surface area contributed by atoms with Crippen molar-refractivity contribution in [3.05, 3.63) is 29.9 Å². The Bertz CT molecular complexity index is 542. The van der Waals surface area contributed by atoms with E-state index in [-0.39, 0.29) is 0 Å². The summed E-state index contributed by atoms with van der Waals surface area (Å²) >= 11 is 0. The maximum atomic E-state index is 11.8. The molecule has 0 aliphatic carbocycles. The minimum Gasteiger partial charge on any atom is -0.387 e. The monoisotopic (exact) mass is 287 g/mol. The molecule has 1 rings (SSSR count). The predicted molar refractivity (Wildman–Crippen MR) is 73.9 cm³/mol. The van der Waals surface area contributed by atoms with Gasteiger partial charge in [-0.25, -0.2) is 8.96 Å². The highest BCUT2D eigenvalue weighted by Crippen LogP contribution is 2.18. The molecule has 108 valence electrons. The average Bonchev–Trinajstić information content (AvgIpc) is 2.77. The normalized spacial score (nSPS) is 13.6. The Morgan fingerprint density at radius 1 is 1.53 bits per heavy atom. The number of nitrogens with zero attached hydrogens (tertiary/aromatic N) is 3. The van der Waals surface area contributed by atoms with Gasteiger partial charge in [0.25, 0.3) is 0 Å². The van der Waals surface area contributed by atoms with Gasteiger partial charge in [0.1, 0.15) is 6.33 Å². The van der Waals surface area contributed by atoms with Crippen LogP contribution in [-0.2, 0) is 10.2 Å². The fourth-order valence-corrected chi connectivity index (χ4v) is 2.27. The lowest BCUT2D eigenvalue weighted by molar-refractivity contribution is 0.164. The minimum absolute atomic E-state index is 0.368. The van der Waals surface area contributed by atoms with Crippen LogP contribution in [0.2, 0.25) is 0 Å². The molecule has 0 spiro atoms. The van der Waals surface area contributed by atoms with Gasteiger partial charge in [0.05, 0.1) is 11.8 Å². The lowest BCUT2D eigenvalue weighted by Crippen LogP contribution is -2.27. The molecule has 0 aromatic carbocycles. The van der Waals surface area contributed by atoms with Crippen LogP contribution in [0.4, 0.5) is 0 Å². The summed E-state index contributed by atoms with van der Waals surface area (Å²) in [4.78, 5) is 3.95. The van der Waals surface area contributed by atoms with Crippen LogP contribution in [0, 0.1) is 0 Å². The summed E-state index contributed by atoms with van der Waals surface area (Å²) in [6.45, 7) is 3.98. The molecule has 1 atom stereocenters. The Morgan fingerprint density at radius 3 is 2.68 bits per heavy atom. The van der Waals surface area contributed by atoms with Crippen molar-refractivity contribution in [3.8, 4) is 0 Å².